The molecular weight excluding hydrogens is 395 g/mol. The lowest BCUT2D eigenvalue weighted by atomic mass is 10.2. The number of halogens is 1. The number of rotatable bonds is 7. The Hall–Kier alpha value is -3.25. The Kier molecular flexibility index (Phi) is 6.49. The molecule has 1 aromatic heterocycles. The second-order valence-corrected chi connectivity index (χ2v) is 7.15. The number of carbonyl (C=O) groups is 2. The van der Waals surface area contributed by atoms with Crippen LogP contribution in [-0.4, -0.2) is 47.1 Å². The molecule has 0 fully saturated rings. The molecule has 0 unspecified atom stereocenters. The molecule has 10 nitrogen and oxygen atoms in total. The van der Waals surface area contributed by atoms with Crippen molar-refractivity contribution in [3.63, 3.8) is 0 Å². The fraction of sp³-hybridized carbons (Fsp3) is 0.188. The minimum Gasteiger partial charge on any atom is -0.503 e. The highest BCUT2D eigenvalue weighted by Crippen LogP contribution is 2.09. The predicted molar refractivity (Wildman–Crippen MR) is 93.2 cm³/mol. The van der Waals surface area contributed by atoms with Gasteiger partial charge in [-0.15, -0.1) is 0 Å². The summed E-state index contributed by atoms with van der Waals surface area (Å²) < 4.78 is 39.9. The van der Waals surface area contributed by atoms with E-state index in [9.17, 15) is 27.5 Å². The molecule has 0 radical (unpaired) electrons. The summed E-state index contributed by atoms with van der Waals surface area (Å²) in [6.45, 7) is -0.104. The van der Waals surface area contributed by atoms with Gasteiger partial charge >= 0.3 is 0 Å². The number of sulfonamides is 1. The minimum absolute atomic E-state index is 0.104. The van der Waals surface area contributed by atoms with Crippen molar-refractivity contribution < 1.29 is 32.3 Å². The number of nitrogens with zero attached hydrogens (tertiary/aromatic N) is 3. The smallest absolute Gasteiger partial charge is 0.300 e. The number of nitrogens with one attached hydrogen (secondary N) is 1. The van der Waals surface area contributed by atoms with Gasteiger partial charge in [0.25, 0.3) is 21.8 Å². The Labute approximate surface area is 159 Å². The van der Waals surface area contributed by atoms with Gasteiger partial charge in [0.1, 0.15) is 5.82 Å². The Morgan fingerprint density at radius 1 is 1.36 bits per heavy atom. The molecule has 2 aromatic rings. The highest BCUT2D eigenvalue weighted by atomic mass is 32.2. The van der Waals surface area contributed by atoms with Crippen molar-refractivity contribution in [3.05, 3.63) is 60.0 Å². The molecular formula is C16H17FN4O6S. The predicted octanol–water partition coefficient (Wildman–Crippen LogP) is 0.396. The second-order valence-electron chi connectivity index (χ2n) is 5.53. The largest absolute Gasteiger partial charge is 0.503 e. The zero-order valence-corrected chi connectivity index (χ0v) is 15.7. The first-order valence-electron chi connectivity index (χ1n) is 7.68. The number of hydrogen-bond acceptors (Lipinski definition) is 7. The van der Waals surface area contributed by atoms with Crippen LogP contribution in [0.1, 0.15) is 5.56 Å². The highest BCUT2D eigenvalue weighted by Gasteiger charge is 2.23. The van der Waals surface area contributed by atoms with E-state index in [1.807, 2.05) is 0 Å². The van der Waals surface area contributed by atoms with Gasteiger partial charge in [0.05, 0.1) is 26.1 Å². The second kappa shape index (κ2) is 8.63. The number of carbonyl (C=O) groups excluding carboxylic acids is 2. The molecule has 12 heteroatoms. The van der Waals surface area contributed by atoms with Gasteiger partial charge in [-0.3, -0.25) is 14.4 Å². The molecule has 0 aliphatic carbocycles. The number of aliphatic hydroxyl groups excluding tert-OH is 1. The van der Waals surface area contributed by atoms with Crippen LogP contribution in [0.5, 0.6) is 0 Å². The molecule has 2 rings (SSSR count). The van der Waals surface area contributed by atoms with Crippen LogP contribution in [0.2, 0.25) is 0 Å². The number of imidazole rings is 1. The highest BCUT2D eigenvalue weighted by molar-refractivity contribution is 7.90. The average molecular weight is 412 g/mol. The third kappa shape index (κ3) is 5.37. The van der Waals surface area contributed by atoms with Crippen molar-refractivity contribution >= 4 is 21.8 Å². The van der Waals surface area contributed by atoms with Crippen LogP contribution in [0.15, 0.2) is 53.7 Å². The monoisotopic (exact) mass is 412 g/mol. The first kappa shape index (κ1) is 21.1. The summed E-state index contributed by atoms with van der Waals surface area (Å²) in [5, 5.41) is 10.1. The van der Waals surface area contributed by atoms with Crippen molar-refractivity contribution in [2.45, 2.75) is 11.6 Å². The van der Waals surface area contributed by atoms with E-state index >= 15 is 0 Å². The van der Waals surface area contributed by atoms with Crippen LogP contribution in [0.4, 0.5) is 4.39 Å². The lowest BCUT2D eigenvalue weighted by Gasteiger charge is -2.18. The Morgan fingerprint density at radius 2 is 2.00 bits per heavy atom. The molecule has 2 N–H and O–H groups in total. The first-order chi connectivity index (χ1) is 13.1. The van der Waals surface area contributed by atoms with Gasteiger partial charge in [-0.2, -0.15) is 8.42 Å². The van der Waals surface area contributed by atoms with Crippen molar-refractivity contribution in [2.75, 3.05) is 7.11 Å². The maximum Gasteiger partial charge on any atom is 0.300 e. The van der Waals surface area contributed by atoms with Crippen LogP contribution in [-0.2, 0) is 38.0 Å². The number of aromatic nitrogens is 2. The maximum absolute atomic E-state index is 12.9. The molecule has 0 saturated heterocycles. The number of aryl methyl sites for hydroxylation is 1. The molecule has 0 spiro atoms. The van der Waals surface area contributed by atoms with Crippen molar-refractivity contribution in [2.24, 2.45) is 7.05 Å². The van der Waals surface area contributed by atoms with E-state index < -0.39 is 38.4 Å². The Morgan fingerprint density at radius 3 is 2.54 bits per heavy atom. The topological polar surface area (TPSA) is 131 Å². The summed E-state index contributed by atoms with van der Waals surface area (Å²) in [6.07, 6.45) is 2.86. The zero-order valence-electron chi connectivity index (χ0n) is 14.9. The summed E-state index contributed by atoms with van der Waals surface area (Å²) in [5.41, 5.74) is 0.520. The van der Waals surface area contributed by atoms with Gasteiger partial charge in [0, 0.05) is 13.2 Å². The lowest BCUT2D eigenvalue weighted by molar-refractivity contribution is -0.173. The van der Waals surface area contributed by atoms with Gasteiger partial charge in [0.15, 0.2) is 10.8 Å². The molecule has 1 aromatic carbocycles. The molecule has 0 bridgehead atoms. The van der Waals surface area contributed by atoms with Gasteiger partial charge in [-0.05, 0) is 17.7 Å². The summed E-state index contributed by atoms with van der Waals surface area (Å²) in [4.78, 5) is 32.5. The number of aliphatic hydroxyl groups is 1. The summed E-state index contributed by atoms with van der Waals surface area (Å²) in [6, 6.07) is 5.22. The number of hydroxylamine groups is 2. The van der Waals surface area contributed by atoms with Gasteiger partial charge < -0.3 is 9.67 Å². The standard InChI is InChI=1S/C16H17FN4O6S/c1-20-9-14(18-10-20)28(25,26)19-16(24)13(22)7-15(23)21(27-2)8-11-3-5-12(17)6-4-11/h3-7,9-10,22H,8H2,1-2H3,(H,19,24)/b13-7-. The lowest BCUT2D eigenvalue weighted by Crippen LogP contribution is -2.33. The van der Waals surface area contributed by atoms with Crippen LogP contribution < -0.4 is 4.72 Å². The van der Waals surface area contributed by atoms with Gasteiger partial charge in [-0.1, -0.05) is 12.1 Å². The normalized spacial score (nSPS) is 11.9. The average Bonchev–Trinajstić information content (AvgIpc) is 3.08. The molecule has 150 valence electrons. The molecule has 28 heavy (non-hydrogen) atoms. The fourth-order valence-corrected chi connectivity index (χ4v) is 2.94. The van der Waals surface area contributed by atoms with E-state index in [-0.39, 0.29) is 6.54 Å². The van der Waals surface area contributed by atoms with E-state index in [0.29, 0.717) is 11.6 Å². The number of amides is 2. The quantitative estimate of drug-likeness (QED) is 0.382. The molecule has 0 aliphatic rings. The van der Waals surface area contributed by atoms with Crippen LogP contribution >= 0.6 is 0 Å². The van der Waals surface area contributed by atoms with E-state index in [4.69, 9.17) is 4.84 Å². The number of benzene rings is 1. The molecule has 0 aliphatic heterocycles. The van der Waals surface area contributed by atoms with Crippen LogP contribution in [0, 0.1) is 5.82 Å². The Balaban J connectivity index is 2.08. The molecule has 0 saturated carbocycles. The van der Waals surface area contributed by atoms with Crippen molar-refractivity contribution in [3.8, 4) is 0 Å². The van der Waals surface area contributed by atoms with Gasteiger partial charge in [-0.25, -0.2) is 19.2 Å². The van der Waals surface area contributed by atoms with Crippen LogP contribution in [0.25, 0.3) is 0 Å². The summed E-state index contributed by atoms with van der Waals surface area (Å²) in [5.74, 6) is -3.96. The van der Waals surface area contributed by atoms with Gasteiger partial charge in [0.2, 0.25) is 0 Å². The molecule has 0 atom stereocenters. The minimum atomic E-state index is -4.32. The van der Waals surface area contributed by atoms with Crippen LogP contribution in [0.3, 0.4) is 0 Å². The summed E-state index contributed by atoms with van der Waals surface area (Å²) in [7, 11) is -1.61. The van der Waals surface area contributed by atoms with E-state index in [1.54, 1.807) is 4.72 Å². The molecule has 2 amide bonds. The maximum atomic E-state index is 12.9. The number of hydrogen-bond donors (Lipinski definition) is 2. The first-order valence-corrected chi connectivity index (χ1v) is 9.16. The SMILES string of the molecule is CON(Cc1ccc(F)cc1)C(=O)/C=C(\O)C(=O)NS(=O)(=O)c1cn(C)cn1. The zero-order chi connectivity index (χ0) is 20.9. The van der Waals surface area contributed by atoms with Crippen molar-refractivity contribution in [1.82, 2.24) is 19.3 Å². The van der Waals surface area contributed by atoms with E-state index in [2.05, 4.69) is 4.98 Å². The summed E-state index contributed by atoms with van der Waals surface area (Å²) >= 11 is 0. The fourth-order valence-electron chi connectivity index (χ4n) is 2.00. The molecule has 1 heterocycles. The van der Waals surface area contributed by atoms with Crippen molar-refractivity contribution in [1.29, 1.82) is 0 Å². The van der Waals surface area contributed by atoms with E-state index in [0.717, 1.165) is 11.3 Å². The van der Waals surface area contributed by atoms with E-state index in [1.165, 1.54) is 49.3 Å². The third-order valence-electron chi connectivity index (χ3n) is 3.38. The Bertz CT molecular complexity index is 1000. The third-order valence-corrected chi connectivity index (χ3v) is 4.60.